The number of benzene rings is 2. The quantitative estimate of drug-likeness (QED) is 0.484. The largest absolute Gasteiger partial charge is 0.507 e. The van der Waals surface area contributed by atoms with E-state index in [0.29, 0.717) is 33.5 Å². The van der Waals surface area contributed by atoms with E-state index >= 15 is 0 Å². The predicted molar refractivity (Wildman–Crippen MR) is 115 cm³/mol. The summed E-state index contributed by atoms with van der Waals surface area (Å²) in [6, 6.07) is 12.1. The van der Waals surface area contributed by atoms with Crippen LogP contribution in [-0.4, -0.2) is 32.7 Å². The summed E-state index contributed by atoms with van der Waals surface area (Å²) in [4.78, 5) is 15.0. The zero-order valence-corrected chi connectivity index (χ0v) is 17.5. The number of aromatic amines is 1. The topological polar surface area (TPSA) is 69.2 Å². The van der Waals surface area contributed by atoms with Crippen LogP contribution in [0.1, 0.15) is 53.8 Å². The standard InChI is InChI=1S/C22H21Cl2N3O2/c1-2-3-6-11-27-21(13-9-10-15(23)16(24)12-13)18-19(25-26-20(18)22(27)29)14-7-4-5-8-17(14)28/h4-5,7-10,12,21,28H,2-3,6,11H2,1H3,(H,25,26). The molecule has 1 aliphatic rings. The van der Waals surface area contributed by atoms with E-state index in [1.807, 2.05) is 17.0 Å². The Bertz CT molecular complexity index is 1060. The van der Waals surface area contributed by atoms with Gasteiger partial charge in [0, 0.05) is 17.7 Å². The third kappa shape index (κ3) is 3.49. The fourth-order valence-electron chi connectivity index (χ4n) is 3.87. The molecule has 0 saturated heterocycles. The smallest absolute Gasteiger partial charge is 0.273 e. The molecule has 2 N–H and O–H groups in total. The van der Waals surface area contributed by atoms with E-state index in [1.54, 1.807) is 30.3 Å². The Morgan fingerprint density at radius 2 is 1.93 bits per heavy atom. The van der Waals surface area contributed by atoms with Crippen LogP contribution in [0.3, 0.4) is 0 Å². The Labute approximate surface area is 179 Å². The van der Waals surface area contributed by atoms with Gasteiger partial charge in [-0.1, -0.05) is 61.2 Å². The number of phenolic OH excluding ortho intramolecular Hbond substituents is 1. The third-order valence-electron chi connectivity index (χ3n) is 5.28. The van der Waals surface area contributed by atoms with E-state index in [1.165, 1.54) is 0 Å². The Hall–Kier alpha value is -2.50. The highest BCUT2D eigenvalue weighted by atomic mass is 35.5. The molecule has 5 nitrogen and oxygen atoms in total. The van der Waals surface area contributed by atoms with Gasteiger partial charge in [0.1, 0.15) is 17.1 Å². The summed E-state index contributed by atoms with van der Waals surface area (Å²) >= 11 is 12.4. The van der Waals surface area contributed by atoms with Gasteiger partial charge in [-0.2, -0.15) is 5.10 Å². The number of carbonyl (C=O) groups is 1. The van der Waals surface area contributed by atoms with E-state index in [0.717, 1.165) is 30.4 Å². The first-order valence-electron chi connectivity index (χ1n) is 9.65. The number of H-pyrrole nitrogens is 1. The molecular weight excluding hydrogens is 409 g/mol. The minimum absolute atomic E-state index is 0.0960. The SMILES string of the molecule is CCCCCN1C(=O)c2[nH]nc(-c3ccccc3O)c2C1c1ccc(Cl)c(Cl)c1. The van der Waals surface area contributed by atoms with Crippen LogP contribution in [0.2, 0.25) is 10.0 Å². The number of fused-ring (bicyclic) bond motifs is 1. The van der Waals surface area contributed by atoms with Crippen LogP contribution in [0.25, 0.3) is 11.3 Å². The molecule has 0 spiro atoms. The number of carbonyl (C=O) groups excluding carboxylic acids is 1. The first-order chi connectivity index (χ1) is 14.0. The number of aromatic hydroxyl groups is 1. The molecule has 1 amide bonds. The lowest BCUT2D eigenvalue weighted by Gasteiger charge is -2.26. The molecule has 2 aromatic carbocycles. The van der Waals surface area contributed by atoms with Crippen molar-refractivity contribution in [1.82, 2.24) is 15.1 Å². The van der Waals surface area contributed by atoms with Gasteiger partial charge < -0.3 is 10.0 Å². The Morgan fingerprint density at radius 1 is 1.14 bits per heavy atom. The molecule has 0 saturated carbocycles. The molecule has 1 atom stereocenters. The average molecular weight is 430 g/mol. The van der Waals surface area contributed by atoms with Crippen molar-refractivity contribution < 1.29 is 9.90 Å². The third-order valence-corrected chi connectivity index (χ3v) is 6.02. The number of aromatic nitrogens is 2. The Morgan fingerprint density at radius 3 is 2.66 bits per heavy atom. The van der Waals surface area contributed by atoms with E-state index < -0.39 is 0 Å². The number of unbranched alkanes of at least 4 members (excludes halogenated alkanes) is 2. The van der Waals surface area contributed by atoms with Crippen molar-refractivity contribution in [2.75, 3.05) is 6.54 Å². The van der Waals surface area contributed by atoms with Crippen LogP contribution < -0.4 is 0 Å². The molecule has 150 valence electrons. The minimum Gasteiger partial charge on any atom is -0.507 e. The number of nitrogens with one attached hydrogen (secondary N) is 1. The summed E-state index contributed by atoms with van der Waals surface area (Å²) < 4.78 is 0. The normalized spacial score (nSPS) is 15.8. The number of rotatable bonds is 6. The van der Waals surface area contributed by atoms with Crippen LogP contribution in [-0.2, 0) is 0 Å². The summed E-state index contributed by atoms with van der Waals surface area (Å²) in [6.45, 7) is 2.76. The number of nitrogens with zero attached hydrogens (tertiary/aromatic N) is 2. The highest BCUT2D eigenvalue weighted by Gasteiger charge is 2.42. The lowest BCUT2D eigenvalue weighted by Crippen LogP contribution is -2.30. The van der Waals surface area contributed by atoms with Gasteiger partial charge in [0.25, 0.3) is 5.91 Å². The van der Waals surface area contributed by atoms with Crippen LogP contribution in [0.4, 0.5) is 0 Å². The van der Waals surface area contributed by atoms with Crippen molar-refractivity contribution in [3.8, 4) is 17.0 Å². The number of halogens is 2. The summed E-state index contributed by atoms with van der Waals surface area (Å²) in [5.41, 5.74) is 3.22. The number of hydrogen-bond acceptors (Lipinski definition) is 3. The molecule has 29 heavy (non-hydrogen) atoms. The fraction of sp³-hybridized carbons (Fsp3) is 0.273. The summed E-state index contributed by atoms with van der Waals surface area (Å²) in [5, 5.41) is 18.5. The predicted octanol–water partition coefficient (Wildman–Crippen LogP) is 5.82. The van der Waals surface area contributed by atoms with Gasteiger partial charge in [0.2, 0.25) is 0 Å². The molecule has 0 fully saturated rings. The second-order valence-corrected chi connectivity index (χ2v) is 7.97. The highest BCUT2D eigenvalue weighted by molar-refractivity contribution is 6.42. The number of hydrogen-bond donors (Lipinski definition) is 2. The molecule has 7 heteroatoms. The van der Waals surface area contributed by atoms with E-state index in [4.69, 9.17) is 23.2 Å². The first kappa shape index (κ1) is 19.8. The van der Waals surface area contributed by atoms with Crippen molar-refractivity contribution in [2.45, 2.75) is 32.2 Å². The van der Waals surface area contributed by atoms with Gasteiger partial charge in [-0.25, -0.2) is 0 Å². The molecule has 0 radical (unpaired) electrons. The molecular formula is C22H21Cl2N3O2. The first-order valence-corrected chi connectivity index (χ1v) is 10.4. The molecule has 3 aromatic rings. The van der Waals surface area contributed by atoms with Gasteiger partial charge in [0.15, 0.2) is 0 Å². The van der Waals surface area contributed by atoms with Crippen molar-refractivity contribution in [3.63, 3.8) is 0 Å². The van der Waals surface area contributed by atoms with Crippen LogP contribution in [0.15, 0.2) is 42.5 Å². The summed E-state index contributed by atoms with van der Waals surface area (Å²) in [7, 11) is 0. The lowest BCUT2D eigenvalue weighted by atomic mass is 9.95. The minimum atomic E-state index is -0.350. The van der Waals surface area contributed by atoms with E-state index in [-0.39, 0.29) is 17.7 Å². The maximum Gasteiger partial charge on any atom is 0.273 e. The molecule has 1 aliphatic heterocycles. The Balaban J connectivity index is 1.86. The second kappa shape index (κ2) is 8.09. The summed E-state index contributed by atoms with van der Waals surface area (Å²) in [6.07, 6.45) is 3.01. The summed E-state index contributed by atoms with van der Waals surface area (Å²) in [5.74, 6) is 0.0212. The molecule has 0 bridgehead atoms. The Kier molecular flexibility index (Phi) is 5.52. The molecule has 2 heterocycles. The second-order valence-electron chi connectivity index (χ2n) is 7.16. The zero-order valence-electron chi connectivity index (χ0n) is 16.0. The highest BCUT2D eigenvalue weighted by Crippen LogP contribution is 2.45. The van der Waals surface area contributed by atoms with Gasteiger partial charge in [0.05, 0.1) is 16.1 Å². The average Bonchev–Trinajstić information content (AvgIpc) is 3.24. The van der Waals surface area contributed by atoms with Gasteiger partial charge in [-0.3, -0.25) is 9.89 Å². The number of para-hydroxylation sites is 1. The van der Waals surface area contributed by atoms with Gasteiger partial charge in [-0.05, 0) is 36.2 Å². The van der Waals surface area contributed by atoms with Crippen molar-refractivity contribution >= 4 is 29.1 Å². The maximum absolute atomic E-state index is 13.2. The fourth-order valence-corrected chi connectivity index (χ4v) is 4.17. The van der Waals surface area contributed by atoms with Crippen LogP contribution in [0, 0.1) is 0 Å². The number of phenols is 1. The van der Waals surface area contributed by atoms with E-state index in [2.05, 4.69) is 17.1 Å². The van der Waals surface area contributed by atoms with Gasteiger partial charge in [-0.15, -0.1) is 0 Å². The maximum atomic E-state index is 13.2. The lowest BCUT2D eigenvalue weighted by molar-refractivity contribution is 0.0740. The van der Waals surface area contributed by atoms with E-state index in [9.17, 15) is 9.90 Å². The molecule has 1 unspecified atom stereocenters. The number of amides is 1. The van der Waals surface area contributed by atoms with Gasteiger partial charge >= 0.3 is 0 Å². The van der Waals surface area contributed by atoms with Crippen LogP contribution >= 0.6 is 23.2 Å². The monoisotopic (exact) mass is 429 g/mol. The van der Waals surface area contributed by atoms with Crippen molar-refractivity contribution in [1.29, 1.82) is 0 Å². The molecule has 0 aliphatic carbocycles. The van der Waals surface area contributed by atoms with Crippen LogP contribution in [0.5, 0.6) is 5.75 Å². The van der Waals surface area contributed by atoms with Crippen molar-refractivity contribution in [3.05, 3.63) is 69.3 Å². The molecule has 4 rings (SSSR count). The molecule has 1 aromatic heterocycles. The zero-order chi connectivity index (χ0) is 20.5. The van der Waals surface area contributed by atoms with Crippen molar-refractivity contribution in [2.24, 2.45) is 0 Å².